The number of nitrogens with zero attached hydrogens (tertiary/aromatic N) is 2. The maximum absolute atomic E-state index is 14.0. The van der Waals surface area contributed by atoms with Crippen molar-refractivity contribution < 1.29 is 87.9 Å². The number of carbonyl (C=O) groups excluding carboxylic acids is 11. The van der Waals surface area contributed by atoms with Crippen LogP contribution in [0.2, 0.25) is 0 Å². The maximum atomic E-state index is 14.0. The molecule has 0 heterocycles. The number of aliphatic carboxylic acids is 2. The second-order valence-corrected chi connectivity index (χ2v) is 18.8. The highest BCUT2D eigenvalue weighted by atomic mass is 16.4. The standard InChI is InChI=1S/C46H83N19O18/c1-3-21(2)34(44(82)83)65-40(78)26(16-32(50)70)61-43(81)30(20-68)62-37(75)24(10-7-15-56-46(53)54)58-41(79)28(18-66)63-38(76)25(11-12-31(49)69)59-36(74)23(9-6-14-55-45(51)52)57-42(80)29(19-67)64-39(77)27(17-33(71)72)60-35(73)22(48)8-4-5-13-47/h21-30,34,66-68H,3-20,47-48H2,1-2H3,(H2,49,69)(H2,50,70)(H,57,80)(H,58,79)(H,59,74)(H,60,73)(H,61,81)(H,62,75)(H,63,76)(H,64,77)(H,65,78)(H,71,72)(H,82,83)(H4,51,52,55)(H4,53,54,56)/t21-,22-,23-,24-,25-,26-,27-,28-,29-,30-,34-/m0/s1. The third-order valence-electron chi connectivity index (χ3n) is 12.0. The third kappa shape index (κ3) is 30.2. The molecule has 0 spiro atoms. The van der Waals surface area contributed by atoms with Crippen LogP contribution >= 0.6 is 0 Å². The summed E-state index contributed by atoms with van der Waals surface area (Å²) < 4.78 is 0. The minimum absolute atomic E-state index is 0.0690. The highest BCUT2D eigenvalue weighted by Gasteiger charge is 2.36. The summed E-state index contributed by atoms with van der Waals surface area (Å²) in [7, 11) is 0. The Morgan fingerprint density at radius 3 is 1.13 bits per heavy atom. The van der Waals surface area contributed by atoms with E-state index in [-0.39, 0.29) is 57.1 Å². The van der Waals surface area contributed by atoms with Gasteiger partial charge in [-0.05, 0) is 57.4 Å². The Labute approximate surface area is 476 Å². The molecule has 0 unspecified atom stereocenters. The van der Waals surface area contributed by atoms with E-state index in [1.54, 1.807) is 6.92 Å². The van der Waals surface area contributed by atoms with Crippen molar-refractivity contribution in [3.8, 4) is 0 Å². The SMILES string of the molecule is CC[C@H](C)[C@H](NC(=O)[C@H](CC(N)=O)NC(=O)[C@H](CO)NC(=O)[C@H](CCCN=C(N)N)NC(=O)[C@H](CO)NC(=O)[C@H](CCC(N)=O)NC(=O)[C@H](CCCN=C(N)N)NC(=O)[C@H](CO)NC(=O)[C@H](CC(=O)O)NC(=O)[C@@H](N)CCCCN)C(=O)O. The Hall–Kier alpha value is -8.55. The molecule has 0 aromatic carbocycles. The number of guanidine groups is 2. The van der Waals surface area contributed by atoms with Gasteiger partial charge in [-0.1, -0.05) is 26.7 Å². The lowest BCUT2D eigenvalue weighted by atomic mass is 9.98. The Bertz CT molecular complexity index is 2290. The van der Waals surface area contributed by atoms with E-state index in [2.05, 4.69) is 57.8 Å². The first-order valence-corrected chi connectivity index (χ1v) is 26.1. The van der Waals surface area contributed by atoms with E-state index in [1.807, 2.05) is 0 Å². The van der Waals surface area contributed by atoms with Crippen molar-refractivity contribution in [3.63, 3.8) is 0 Å². The Morgan fingerprint density at radius 1 is 0.434 bits per heavy atom. The van der Waals surface area contributed by atoms with Crippen LogP contribution in [0, 0.1) is 5.92 Å². The van der Waals surface area contributed by atoms with Gasteiger partial charge in [-0.15, -0.1) is 0 Å². The number of aliphatic hydroxyl groups excluding tert-OH is 3. The Morgan fingerprint density at radius 2 is 0.783 bits per heavy atom. The van der Waals surface area contributed by atoms with E-state index in [0.29, 0.717) is 25.8 Å². The minimum Gasteiger partial charge on any atom is -0.481 e. The van der Waals surface area contributed by atoms with Crippen molar-refractivity contribution in [1.29, 1.82) is 0 Å². The van der Waals surface area contributed by atoms with Crippen molar-refractivity contribution >= 4 is 88.8 Å². The van der Waals surface area contributed by atoms with Gasteiger partial charge in [0.15, 0.2) is 11.9 Å². The molecule has 470 valence electrons. The topological polar surface area (TPSA) is 664 Å². The van der Waals surface area contributed by atoms with Gasteiger partial charge in [-0.25, -0.2) is 4.79 Å². The van der Waals surface area contributed by atoms with E-state index in [0.717, 1.165) is 0 Å². The smallest absolute Gasteiger partial charge is 0.326 e. The number of nitrogens with one attached hydrogen (secondary N) is 9. The molecule has 83 heavy (non-hydrogen) atoms. The lowest BCUT2D eigenvalue weighted by molar-refractivity contribution is -0.144. The first kappa shape index (κ1) is 74.5. The number of primary amides is 2. The molecule has 0 aromatic rings. The number of carbonyl (C=O) groups is 13. The van der Waals surface area contributed by atoms with Gasteiger partial charge in [-0.3, -0.25) is 67.5 Å². The number of rotatable bonds is 43. The van der Waals surface area contributed by atoms with Crippen LogP contribution in [0.15, 0.2) is 9.98 Å². The number of nitrogens with two attached hydrogens (primary N) is 8. The van der Waals surface area contributed by atoms with Crippen molar-refractivity contribution in [2.24, 2.45) is 61.8 Å². The van der Waals surface area contributed by atoms with E-state index in [4.69, 9.17) is 45.9 Å². The number of aliphatic imine (C=N–C) groups is 2. The molecule has 0 fully saturated rings. The van der Waals surface area contributed by atoms with Crippen LogP contribution in [-0.4, -0.2) is 214 Å². The monoisotopic (exact) mass is 1190 g/mol. The second kappa shape index (κ2) is 39.8. The molecule has 0 bridgehead atoms. The van der Waals surface area contributed by atoms with Crippen LogP contribution in [0.3, 0.4) is 0 Å². The molecule has 0 aromatic heterocycles. The molecular weight excluding hydrogens is 1110 g/mol. The number of carboxylic acids is 2. The van der Waals surface area contributed by atoms with Crippen molar-refractivity contribution in [2.75, 3.05) is 39.5 Å². The van der Waals surface area contributed by atoms with Gasteiger partial charge in [0.2, 0.25) is 65.0 Å². The molecule has 11 atom stereocenters. The highest BCUT2D eigenvalue weighted by molar-refractivity contribution is 5.99. The molecule has 0 saturated carbocycles. The average Bonchev–Trinajstić information content (AvgIpc) is 3.42. The fourth-order valence-electron chi connectivity index (χ4n) is 7.24. The summed E-state index contributed by atoms with van der Waals surface area (Å²) in [5, 5.41) is 69.5. The predicted octanol–water partition coefficient (Wildman–Crippen LogP) is -11.4. The first-order valence-electron chi connectivity index (χ1n) is 26.1. The molecule has 0 rings (SSSR count). The Kier molecular flexibility index (Phi) is 35.7. The molecule has 37 heteroatoms. The predicted molar refractivity (Wildman–Crippen MR) is 291 cm³/mol. The van der Waals surface area contributed by atoms with E-state index in [1.165, 1.54) is 6.92 Å². The number of hydrogen-bond acceptors (Lipinski definition) is 20. The van der Waals surface area contributed by atoms with Gasteiger partial charge in [0.1, 0.15) is 54.4 Å². The molecule has 37 nitrogen and oxygen atoms in total. The third-order valence-corrected chi connectivity index (χ3v) is 12.0. The van der Waals surface area contributed by atoms with Gasteiger partial charge in [0.05, 0.1) is 38.7 Å². The summed E-state index contributed by atoms with van der Waals surface area (Å²) in [5.74, 6) is -17.3. The van der Waals surface area contributed by atoms with Gasteiger partial charge < -0.3 is 119 Å². The number of unbranched alkanes of at least 4 members (excludes halogenated alkanes) is 1. The van der Waals surface area contributed by atoms with Gasteiger partial charge >= 0.3 is 11.9 Å². The summed E-state index contributed by atoms with van der Waals surface area (Å²) in [6, 6.07) is -17.3. The maximum Gasteiger partial charge on any atom is 0.326 e. The highest BCUT2D eigenvalue weighted by Crippen LogP contribution is 2.11. The number of hydrogen-bond donors (Lipinski definition) is 22. The summed E-state index contributed by atoms with van der Waals surface area (Å²) in [4.78, 5) is 177. The molecule has 11 amide bonds. The van der Waals surface area contributed by atoms with Crippen LogP contribution < -0.4 is 93.7 Å². The molecule has 0 aliphatic heterocycles. The van der Waals surface area contributed by atoms with Crippen molar-refractivity contribution in [3.05, 3.63) is 0 Å². The van der Waals surface area contributed by atoms with E-state index < -0.39 is 189 Å². The average molecular weight is 1190 g/mol. The zero-order valence-electron chi connectivity index (χ0n) is 46.1. The molecule has 0 aliphatic rings. The summed E-state index contributed by atoms with van der Waals surface area (Å²) in [6.45, 7) is -0.362. The number of aliphatic hydroxyl groups is 3. The number of amides is 11. The summed E-state index contributed by atoms with van der Waals surface area (Å²) >= 11 is 0. The molecule has 30 N–H and O–H groups in total. The van der Waals surface area contributed by atoms with Crippen LogP contribution in [0.25, 0.3) is 0 Å². The van der Waals surface area contributed by atoms with Gasteiger partial charge in [0, 0.05) is 19.5 Å². The minimum atomic E-state index is -1.98. The largest absolute Gasteiger partial charge is 0.481 e. The summed E-state index contributed by atoms with van der Waals surface area (Å²) in [5.41, 5.74) is 43.5. The normalized spacial score (nSPS) is 14.8. The van der Waals surface area contributed by atoms with E-state index >= 15 is 0 Å². The fraction of sp³-hybridized carbons (Fsp3) is 0.674. The van der Waals surface area contributed by atoms with Crippen LogP contribution in [0.5, 0.6) is 0 Å². The first-order chi connectivity index (χ1) is 39.0. The molecule has 0 aliphatic carbocycles. The fourth-order valence-corrected chi connectivity index (χ4v) is 7.24. The molecular formula is C46H83N19O18. The van der Waals surface area contributed by atoms with Crippen LogP contribution in [-0.2, 0) is 62.3 Å². The van der Waals surface area contributed by atoms with Crippen LogP contribution in [0.1, 0.15) is 90.9 Å². The lowest BCUT2D eigenvalue weighted by Gasteiger charge is -2.27. The summed E-state index contributed by atoms with van der Waals surface area (Å²) in [6.07, 6.45) is -2.53. The zero-order valence-corrected chi connectivity index (χ0v) is 46.1. The Balaban J connectivity index is 6.77. The van der Waals surface area contributed by atoms with Crippen LogP contribution in [0.4, 0.5) is 0 Å². The lowest BCUT2D eigenvalue weighted by Crippen LogP contribution is -2.61. The zero-order chi connectivity index (χ0) is 63.5. The van der Waals surface area contributed by atoms with Gasteiger partial charge in [-0.2, -0.15) is 0 Å². The van der Waals surface area contributed by atoms with Crippen molar-refractivity contribution in [2.45, 2.75) is 151 Å². The second-order valence-electron chi connectivity index (χ2n) is 18.8. The molecule has 0 radical (unpaired) electrons. The quantitative estimate of drug-likeness (QED) is 0.0153. The van der Waals surface area contributed by atoms with E-state index in [9.17, 15) is 87.9 Å². The molecule has 0 saturated heterocycles. The van der Waals surface area contributed by atoms with Gasteiger partial charge in [0.25, 0.3) is 0 Å². The van der Waals surface area contributed by atoms with Crippen molar-refractivity contribution in [1.82, 2.24) is 47.9 Å². The number of carboxylic acid groups (broad SMARTS) is 2.